The standard InChI is InChI=1S/C15H10ClNO2S/c16-10-7-5-9(6-8-10)13(17)15-14(18)11-3-1-2-4-12(11)20(15)19/h1-8H,17H2/b15-13+. The van der Waals surface area contributed by atoms with Gasteiger partial charge in [0.25, 0.3) is 0 Å². The van der Waals surface area contributed by atoms with Crippen molar-refractivity contribution in [2.75, 3.05) is 0 Å². The quantitative estimate of drug-likeness (QED) is 0.650. The highest BCUT2D eigenvalue weighted by Gasteiger charge is 2.41. The highest BCUT2D eigenvalue weighted by Crippen LogP contribution is 2.36. The SMILES string of the molecule is N/C(=C1\C(=O)c2ccccc2[S+]1[O-])c1ccc(Cl)cc1. The van der Waals surface area contributed by atoms with Gasteiger partial charge in [-0.2, -0.15) is 0 Å². The number of rotatable bonds is 1. The molecule has 0 bridgehead atoms. The monoisotopic (exact) mass is 303 g/mol. The normalized spacial score (nSPS) is 19.9. The van der Waals surface area contributed by atoms with Crippen LogP contribution >= 0.6 is 11.6 Å². The third-order valence-electron chi connectivity index (χ3n) is 3.12. The molecule has 0 spiro atoms. The Kier molecular flexibility index (Phi) is 3.30. The fourth-order valence-electron chi connectivity index (χ4n) is 2.12. The Morgan fingerprint density at radius 1 is 1.10 bits per heavy atom. The topological polar surface area (TPSA) is 66.2 Å². The lowest BCUT2D eigenvalue weighted by Crippen LogP contribution is -2.11. The molecular weight excluding hydrogens is 294 g/mol. The molecule has 2 aromatic rings. The van der Waals surface area contributed by atoms with Crippen LogP contribution in [0.5, 0.6) is 0 Å². The van der Waals surface area contributed by atoms with Crippen LogP contribution in [0.1, 0.15) is 15.9 Å². The summed E-state index contributed by atoms with van der Waals surface area (Å²) < 4.78 is 12.4. The van der Waals surface area contributed by atoms with Crippen molar-refractivity contribution in [3.8, 4) is 0 Å². The van der Waals surface area contributed by atoms with E-state index in [1.165, 1.54) is 0 Å². The second-order valence-corrected chi connectivity index (χ2v) is 6.17. The number of hydrogen-bond donors (Lipinski definition) is 1. The molecular formula is C15H10ClNO2S. The van der Waals surface area contributed by atoms with Gasteiger partial charge in [0.1, 0.15) is 0 Å². The zero-order valence-corrected chi connectivity index (χ0v) is 11.9. The van der Waals surface area contributed by atoms with Gasteiger partial charge in [-0.15, -0.1) is 0 Å². The highest BCUT2D eigenvalue weighted by atomic mass is 35.5. The minimum Gasteiger partial charge on any atom is -0.606 e. The van der Waals surface area contributed by atoms with Crippen LogP contribution in [0.25, 0.3) is 5.70 Å². The minimum atomic E-state index is -1.53. The number of nitrogens with two attached hydrogens (primary N) is 1. The number of halogens is 1. The maximum atomic E-state index is 12.4. The lowest BCUT2D eigenvalue weighted by atomic mass is 10.1. The van der Waals surface area contributed by atoms with Crippen LogP contribution in [-0.2, 0) is 11.2 Å². The van der Waals surface area contributed by atoms with Crippen LogP contribution in [0.15, 0.2) is 58.3 Å². The lowest BCUT2D eigenvalue weighted by molar-refractivity contribution is 0.104. The van der Waals surface area contributed by atoms with Crippen LogP contribution in [-0.4, -0.2) is 10.3 Å². The molecule has 1 heterocycles. The molecule has 3 nitrogen and oxygen atoms in total. The largest absolute Gasteiger partial charge is 0.606 e. The van der Waals surface area contributed by atoms with Crippen LogP contribution in [0.3, 0.4) is 0 Å². The molecule has 0 amide bonds. The number of Topliss-reactive ketones (excluding diaryl/α,β-unsaturated/α-hetero) is 1. The summed E-state index contributed by atoms with van der Waals surface area (Å²) in [5.74, 6) is -0.272. The van der Waals surface area contributed by atoms with E-state index in [-0.39, 0.29) is 16.4 Å². The van der Waals surface area contributed by atoms with Gasteiger partial charge in [0.2, 0.25) is 10.7 Å². The molecule has 1 unspecified atom stereocenters. The number of hydrogen-bond acceptors (Lipinski definition) is 3. The summed E-state index contributed by atoms with van der Waals surface area (Å²) in [6.07, 6.45) is 0. The fraction of sp³-hybridized carbons (Fsp3) is 0. The molecule has 0 aromatic heterocycles. The Bertz CT molecular complexity index is 725. The van der Waals surface area contributed by atoms with Gasteiger partial charge >= 0.3 is 0 Å². The van der Waals surface area contributed by atoms with Crippen LogP contribution in [0, 0.1) is 0 Å². The van der Waals surface area contributed by atoms with Crippen LogP contribution in [0.2, 0.25) is 5.02 Å². The van der Waals surface area contributed by atoms with E-state index in [2.05, 4.69) is 0 Å². The van der Waals surface area contributed by atoms with E-state index in [0.29, 0.717) is 21.0 Å². The Labute approximate surface area is 124 Å². The predicted molar refractivity (Wildman–Crippen MR) is 79.7 cm³/mol. The third-order valence-corrected chi connectivity index (χ3v) is 4.91. The molecule has 1 atom stereocenters. The predicted octanol–water partition coefficient (Wildman–Crippen LogP) is 2.97. The minimum absolute atomic E-state index is 0.147. The average Bonchev–Trinajstić information content (AvgIpc) is 2.72. The van der Waals surface area contributed by atoms with E-state index in [1.807, 2.05) is 0 Å². The number of fused-ring (bicyclic) bond motifs is 1. The Morgan fingerprint density at radius 2 is 1.75 bits per heavy atom. The third kappa shape index (κ3) is 2.02. The van der Waals surface area contributed by atoms with Gasteiger partial charge in [-0.05, 0) is 24.3 Å². The molecule has 3 rings (SSSR count). The molecule has 0 radical (unpaired) electrons. The van der Waals surface area contributed by atoms with Crippen molar-refractivity contribution in [1.29, 1.82) is 0 Å². The van der Waals surface area contributed by atoms with Crippen molar-refractivity contribution in [1.82, 2.24) is 0 Å². The Morgan fingerprint density at radius 3 is 2.40 bits per heavy atom. The van der Waals surface area contributed by atoms with E-state index >= 15 is 0 Å². The summed E-state index contributed by atoms with van der Waals surface area (Å²) in [5, 5.41) is 0.578. The van der Waals surface area contributed by atoms with E-state index in [0.717, 1.165) is 0 Å². The molecule has 5 heteroatoms. The average molecular weight is 304 g/mol. The summed E-state index contributed by atoms with van der Waals surface area (Å²) in [4.78, 5) is 13.0. The number of carbonyl (C=O) groups is 1. The summed E-state index contributed by atoms with van der Waals surface area (Å²) >= 11 is 4.29. The molecule has 1 aliphatic heterocycles. The highest BCUT2D eigenvalue weighted by molar-refractivity contribution is 7.97. The van der Waals surface area contributed by atoms with Gasteiger partial charge in [-0.25, -0.2) is 0 Å². The molecule has 0 aliphatic carbocycles. The van der Waals surface area contributed by atoms with Gasteiger partial charge in [-0.1, -0.05) is 35.9 Å². The molecule has 1 aliphatic rings. The second kappa shape index (κ2) is 4.98. The smallest absolute Gasteiger partial charge is 0.248 e. The van der Waals surface area contributed by atoms with Gasteiger partial charge in [0.15, 0.2) is 4.90 Å². The van der Waals surface area contributed by atoms with Gasteiger partial charge in [0, 0.05) is 21.8 Å². The van der Waals surface area contributed by atoms with Crippen LogP contribution < -0.4 is 5.73 Å². The molecule has 0 fully saturated rings. The molecule has 20 heavy (non-hydrogen) atoms. The maximum Gasteiger partial charge on any atom is 0.248 e. The van der Waals surface area contributed by atoms with Gasteiger partial charge < -0.3 is 10.3 Å². The first-order valence-electron chi connectivity index (χ1n) is 5.91. The lowest BCUT2D eigenvalue weighted by Gasteiger charge is -2.08. The van der Waals surface area contributed by atoms with Gasteiger partial charge in [0.05, 0.1) is 11.3 Å². The van der Waals surface area contributed by atoms with Crippen molar-refractivity contribution in [3.05, 3.63) is 69.6 Å². The summed E-state index contributed by atoms with van der Waals surface area (Å²) in [5.41, 5.74) is 7.36. The van der Waals surface area contributed by atoms with Crippen molar-refractivity contribution >= 4 is 34.3 Å². The first-order valence-corrected chi connectivity index (χ1v) is 7.43. The first kappa shape index (κ1) is 13.2. The number of carbonyl (C=O) groups excluding carboxylic acids is 1. The maximum absolute atomic E-state index is 12.4. The van der Waals surface area contributed by atoms with E-state index < -0.39 is 11.2 Å². The summed E-state index contributed by atoms with van der Waals surface area (Å²) in [6, 6.07) is 13.6. The Balaban J connectivity index is 2.13. The molecule has 0 saturated carbocycles. The first-order chi connectivity index (χ1) is 9.59. The van der Waals surface area contributed by atoms with E-state index in [9.17, 15) is 9.35 Å². The Hall–Kier alpha value is -1.75. The fourth-order valence-corrected chi connectivity index (χ4v) is 3.62. The zero-order chi connectivity index (χ0) is 14.3. The van der Waals surface area contributed by atoms with Crippen molar-refractivity contribution in [3.63, 3.8) is 0 Å². The summed E-state index contributed by atoms with van der Waals surface area (Å²) in [7, 11) is 0. The van der Waals surface area contributed by atoms with Gasteiger partial charge in [-0.3, -0.25) is 4.79 Å². The van der Waals surface area contributed by atoms with Crippen molar-refractivity contribution in [2.24, 2.45) is 5.73 Å². The van der Waals surface area contributed by atoms with Crippen molar-refractivity contribution in [2.45, 2.75) is 4.90 Å². The second-order valence-electron chi connectivity index (χ2n) is 4.34. The van der Waals surface area contributed by atoms with Crippen LogP contribution in [0.4, 0.5) is 0 Å². The summed E-state index contributed by atoms with van der Waals surface area (Å²) in [6.45, 7) is 0. The molecule has 0 saturated heterocycles. The molecule has 2 N–H and O–H groups in total. The molecule has 2 aromatic carbocycles. The number of allylic oxidation sites excluding steroid dienone is 1. The van der Waals surface area contributed by atoms with E-state index in [4.69, 9.17) is 17.3 Å². The zero-order valence-electron chi connectivity index (χ0n) is 10.3. The van der Waals surface area contributed by atoms with Crippen molar-refractivity contribution < 1.29 is 9.35 Å². The number of ketones is 1. The van der Waals surface area contributed by atoms with E-state index in [1.54, 1.807) is 48.5 Å². The number of benzene rings is 2. The molecule has 100 valence electrons.